The predicted octanol–water partition coefficient (Wildman–Crippen LogP) is 4.54. The largest absolute Gasteiger partial charge is 0.465 e. The summed E-state index contributed by atoms with van der Waals surface area (Å²) in [6.45, 7) is 9.98. The first-order chi connectivity index (χ1) is 18.6. The molecule has 0 saturated carbocycles. The van der Waals surface area contributed by atoms with E-state index in [0.29, 0.717) is 37.4 Å². The van der Waals surface area contributed by atoms with Gasteiger partial charge in [0.1, 0.15) is 5.82 Å². The van der Waals surface area contributed by atoms with Crippen LogP contribution in [0.1, 0.15) is 64.6 Å². The maximum atomic E-state index is 13.2. The molecule has 3 unspecified atom stereocenters. The van der Waals surface area contributed by atoms with Gasteiger partial charge in [-0.15, -0.1) is 0 Å². The van der Waals surface area contributed by atoms with Crippen LogP contribution in [0, 0.1) is 22.7 Å². The van der Waals surface area contributed by atoms with Crippen molar-refractivity contribution in [2.75, 3.05) is 29.9 Å². The predicted molar refractivity (Wildman–Crippen MR) is 150 cm³/mol. The first kappa shape index (κ1) is 28.1. The topological polar surface area (TPSA) is 134 Å². The molecule has 0 bridgehead atoms. The molecule has 3 N–H and O–H groups in total. The van der Waals surface area contributed by atoms with Gasteiger partial charge >= 0.3 is 6.09 Å². The number of benzene rings is 1. The molecule has 2 aliphatic heterocycles. The molecule has 10 heteroatoms. The van der Waals surface area contributed by atoms with Crippen LogP contribution in [0.2, 0.25) is 0 Å². The molecule has 0 spiro atoms. The zero-order valence-corrected chi connectivity index (χ0v) is 23.3. The van der Waals surface area contributed by atoms with Crippen LogP contribution < -0.4 is 15.5 Å². The van der Waals surface area contributed by atoms with E-state index in [-0.39, 0.29) is 29.3 Å². The molecule has 1 aromatic heterocycles. The summed E-state index contributed by atoms with van der Waals surface area (Å²) in [5.41, 5.74) is 2.01. The Morgan fingerprint density at radius 1 is 1.18 bits per heavy atom. The van der Waals surface area contributed by atoms with E-state index in [9.17, 15) is 20.0 Å². The molecule has 39 heavy (non-hydrogen) atoms. The maximum Gasteiger partial charge on any atom is 0.407 e. The van der Waals surface area contributed by atoms with Crippen molar-refractivity contribution >= 4 is 29.5 Å². The van der Waals surface area contributed by atoms with Crippen molar-refractivity contribution in [2.45, 2.75) is 71.9 Å². The number of hydrogen-bond donors (Lipinski definition) is 3. The zero-order chi connectivity index (χ0) is 28.2. The minimum absolute atomic E-state index is 0.00333. The molecule has 4 rings (SSSR count). The van der Waals surface area contributed by atoms with Gasteiger partial charge in [-0.25, -0.2) is 9.78 Å². The summed E-state index contributed by atoms with van der Waals surface area (Å²) in [6, 6.07) is 11.2. The monoisotopic (exact) mass is 533 g/mol. The number of nitrogens with one attached hydrogen (secondary N) is 2. The molecule has 0 radical (unpaired) electrons. The minimum Gasteiger partial charge on any atom is -0.465 e. The van der Waals surface area contributed by atoms with Crippen LogP contribution in [0.15, 0.2) is 30.3 Å². The molecule has 10 nitrogen and oxygen atoms in total. The number of nitrogens with zero attached hydrogens (tertiary/aromatic N) is 5. The number of carbonyl (C=O) groups is 2. The number of anilines is 3. The molecule has 1 aromatic carbocycles. The van der Waals surface area contributed by atoms with Crippen LogP contribution in [0.4, 0.5) is 22.2 Å². The highest BCUT2D eigenvalue weighted by Gasteiger charge is 2.41. The summed E-state index contributed by atoms with van der Waals surface area (Å²) >= 11 is 0. The number of piperidine rings is 1. The van der Waals surface area contributed by atoms with Gasteiger partial charge in [0.2, 0.25) is 11.9 Å². The number of aryl methyl sites for hydroxylation is 1. The molecule has 2 aliphatic rings. The molecule has 3 heterocycles. The number of nitriles is 1. The molecule has 2 amide bonds. The second kappa shape index (κ2) is 11.9. The van der Waals surface area contributed by atoms with Crippen molar-refractivity contribution in [1.29, 1.82) is 5.26 Å². The van der Waals surface area contributed by atoms with Crippen molar-refractivity contribution in [3.63, 3.8) is 0 Å². The lowest BCUT2D eigenvalue weighted by Gasteiger charge is -2.44. The Morgan fingerprint density at radius 3 is 2.67 bits per heavy atom. The van der Waals surface area contributed by atoms with Crippen LogP contribution in [0.25, 0.3) is 0 Å². The standard InChI is InChI=1S/C29H39N7O3/c1-5-7-21-16-25(34-27(32-21)33-22-9-6-8-19(14-22)17-30)35-12-11-23(18-35)31-26(37)20-10-13-36(28(38)39)24(15-20)29(2,3)4/h6,8-9,14,16,20,23-24H,5,7,10-13,15,18H2,1-4H3,(H,31,37)(H,38,39)(H,32,33,34). The van der Waals surface area contributed by atoms with Gasteiger partial charge in [-0.3, -0.25) is 4.79 Å². The summed E-state index contributed by atoms with van der Waals surface area (Å²) in [5, 5.41) is 25.3. The first-order valence-electron chi connectivity index (χ1n) is 13.8. The van der Waals surface area contributed by atoms with Gasteiger partial charge in [-0.1, -0.05) is 40.2 Å². The summed E-state index contributed by atoms with van der Waals surface area (Å²) in [5.74, 6) is 1.10. The maximum absolute atomic E-state index is 13.2. The van der Waals surface area contributed by atoms with E-state index in [1.54, 1.807) is 12.1 Å². The number of carbonyl (C=O) groups excluding carboxylic acids is 1. The van der Waals surface area contributed by atoms with E-state index < -0.39 is 6.09 Å². The Bertz CT molecular complexity index is 1240. The van der Waals surface area contributed by atoms with Crippen LogP contribution in [-0.4, -0.2) is 63.7 Å². The molecular formula is C29H39N7O3. The highest BCUT2D eigenvalue weighted by molar-refractivity contribution is 5.79. The third-order valence-corrected chi connectivity index (χ3v) is 7.60. The van der Waals surface area contributed by atoms with Gasteiger partial charge in [0.15, 0.2) is 0 Å². The Labute approximate surface area is 230 Å². The zero-order valence-electron chi connectivity index (χ0n) is 23.3. The number of carboxylic acid groups (broad SMARTS) is 1. The molecule has 2 aromatic rings. The second-order valence-corrected chi connectivity index (χ2v) is 11.6. The quantitative estimate of drug-likeness (QED) is 0.472. The molecule has 2 fully saturated rings. The first-order valence-corrected chi connectivity index (χ1v) is 13.8. The summed E-state index contributed by atoms with van der Waals surface area (Å²) in [4.78, 5) is 38.1. The van der Waals surface area contributed by atoms with Crippen LogP contribution in [0.5, 0.6) is 0 Å². The van der Waals surface area contributed by atoms with Gasteiger partial charge in [-0.05, 0) is 49.3 Å². The van der Waals surface area contributed by atoms with Crippen molar-refractivity contribution in [3.8, 4) is 6.07 Å². The molecular weight excluding hydrogens is 494 g/mol. The fraction of sp³-hybridized carbons (Fsp3) is 0.552. The minimum atomic E-state index is -0.917. The third-order valence-electron chi connectivity index (χ3n) is 7.60. The summed E-state index contributed by atoms with van der Waals surface area (Å²) < 4.78 is 0. The molecule has 3 atom stereocenters. The lowest BCUT2D eigenvalue weighted by atomic mass is 9.77. The van der Waals surface area contributed by atoms with Gasteiger partial charge in [0.05, 0.1) is 11.6 Å². The second-order valence-electron chi connectivity index (χ2n) is 11.6. The third kappa shape index (κ3) is 6.96. The Hall–Kier alpha value is -3.87. The van der Waals surface area contributed by atoms with E-state index >= 15 is 0 Å². The van der Waals surface area contributed by atoms with Crippen LogP contribution >= 0.6 is 0 Å². The van der Waals surface area contributed by atoms with Crippen molar-refractivity contribution < 1.29 is 14.7 Å². The van der Waals surface area contributed by atoms with Crippen molar-refractivity contribution in [3.05, 3.63) is 41.6 Å². The average molecular weight is 534 g/mol. The van der Waals surface area contributed by atoms with E-state index in [0.717, 1.165) is 43.0 Å². The lowest BCUT2D eigenvalue weighted by Crippen LogP contribution is -2.54. The fourth-order valence-electron chi connectivity index (χ4n) is 5.54. The van der Waals surface area contributed by atoms with Gasteiger partial charge in [-0.2, -0.15) is 10.2 Å². The number of aromatic nitrogens is 2. The smallest absolute Gasteiger partial charge is 0.407 e. The summed E-state index contributed by atoms with van der Waals surface area (Å²) in [6.07, 6.45) is 2.73. The van der Waals surface area contributed by atoms with E-state index in [2.05, 4.69) is 33.5 Å². The SMILES string of the molecule is CCCc1cc(N2CCC(NC(=O)C3CCN(C(=O)O)C(C(C)(C)C)C3)C2)nc(Nc2cccc(C#N)c2)n1. The number of rotatable bonds is 7. The van der Waals surface area contributed by atoms with E-state index in [4.69, 9.17) is 4.98 Å². The fourth-order valence-corrected chi connectivity index (χ4v) is 5.54. The van der Waals surface area contributed by atoms with Crippen molar-refractivity contribution in [1.82, 2.24) is 20.2 Å². The van der Waals surface area contributed by atoms with Crippen molar-refractivity contribution in [2.24, 2.45) is 11.3 Å². The highest BCUT2D eigenvalue weighted by atomic mass is 16.4. The average Bonchev–Trinajstić information content (AvgIpc) is 3.36. The van der Waals surface area contributed by atoms with Gasteiger partial charge in [0, 0.05) is 55.1 Å². The van der Waals surface area contributed by atoms with Crippen LogP contribution in [-0.2, 0) is 11.2 Å². The Kier molecular flexibility index (Phi) is 8.58. The number of amides is 2. The number of likely N-dealkylation sites (tertiary alicyclic amines) is 1. The van der Waals surface area contributed by atoms with Gasteiger partial charge in [0.25, 0.3) is 0 Å². The highest BCUT2D eigenvalue weighted by Crippen LogP contribution is 2.35. The van der Waals surface area contributed by atoms with Gasteiger partial charge < -0.3 is 25.5 Å². The summed E-state index contributed by atoms with van der Waals surface area (Å²) in [7, 11) is 0. The molecule has 2 saturated heterocycles. The lowest BCUT2D eigenvalue weighted by molar-refractivity contribution is -0.128. The van der Waals surface area contributed by atoms with E-state index in [1.807, 2.05) is 39.0 Å². The Morgan fingerprint density at radius 2 is 1.97 bits per heavy atom. The molecule has 208 valence electrons. The normalized spacial score (nSPS) is 21.4. The Balaban J connectivity index is 1.42. The van der Waals surface area contributed by atoms with E-state index in [1.165, 1.54) is 4.90 Å². The number of hydrogen-bond acceptors (Lipinski definition) is 7. The molecule has 0 aliphatic carbocycles. The van der Waals surface area contributed by atoms with Crippen LogP contribution in [0.3, 0.4) is 0 Å².